The van der Waals surface area contributed by atoms with E-state index >= 15 is 0 Å². The quantitative estimate of drug-likeness (QED) is 0.205. The molecule has 1 saturated heterocycles. The highest BCUT2D eigenvalue weighted by molar-refractivity contribution is 6.32. The van der Waals surface area contributed by atoms with Gasteiger partial charge in [0.1, 0.15) is 11.6 Å². The number of likely N-dealkylation sites (tertiary alicyclic amines) is 1. The molecule has 9 nitrogen and oxygen atoms in total. The molecule has 1 aromatic heterocycles. The second kappa shape index (κ2) is 15.6. The first-order valence-electron chi connectivity index (χ1n) is 14.4. The number of pyridine rings is 1. The van der Waals surface area contributed by atoms with Crippen molar-refractivity contribution >= 4 is 64.8 Å². The molecule has 12 heteroatoms. The van der Waals surface area contributed by atoms with E-state index in [-0.39, 0.29) is 52.1 Å². The number of amides is 3. The molecule has 4 rings (SSSR count). The molecule has 0 saturated carbocycles. The maximum atomic E-state index is 13.4. The van der Waals surface area contributed by atoms with Crippen LogP contribution in [-0.2, 0) is 4.79 Å². The Kier molecular flexibility index (Phi) is 12.4. The van der Waals surface area contributed by atoms with Gasteiger partial charge in [-0.2, -0.15) is 0 Å². The summed E-state index contributed by atoms with van der Waals surface area (Å²) in [5, 5.41) is 16.3. The molecule has 0 aliphatic carbocycles. The minimum absolute atomic E-state index is 0. The van der Waals surface area contributed by atoms with E-state index in [1.54, 1.807) is 30.3 Å². The van der Waals surface area contributed by atoms with Gasteiger partial charge < -0.3 is 20.6 Å². The Morgan fingerprint density at radius 2 is 1.68 bits per heavy atom. The zero-order valence-electron chi connectivity index (χ0n) is 25.1. The van der Waals surface area contributed by atoms with E-state index in [1.165, 1.54) is 24.4 Å². The smallest absolute Gasteiger partial charge is 0.259 e. The van der Waals surface area contributed by atoms with Crippen LogP contribution < -0.4 is 10.6 Å². The molecule has 2 aromatic carbocycles. The van der Waals surface area contributed by atoms with E-state index in [4.69, 9.17) is 23.2 Å². The number of aromatic hydroxyl groups is 1. The van der Waals surface area contributed by atoms with Gasteiger partial charge in [0.05, 0.1) is 22.2 Å². The van der Waals surface area contributed by atoms with Crippen molar-refractivity contribution in [2.45, 2.75) is 58.5 Å². The van der Waals surface area contributed by atoms with Gasteiger partial charge in [0.25, 0.3) is 11.8 Å². The summed E-state index contributed by atoms with van der Waals surface area (Å²) >= 11 is 12.0. The second-order valence-electron chi connectivity index (χ2n) is 11.2. The van der Waals surface area contributed by atoms with E-state index in [1.807, 2.05) is 4.90 Å². The maximum absolute atomic E-state index is 13.4. The summed E-state index contributed by atoms with van der Waals surface area (Å²) in [6.45, 7) is 10.9. The molecule has 3 aromatic rings. The SMILES string of the molecule is CC(C)N(CCN1CCCC(c2ccc(C(=O)Nc3c(O)cc(Cl)cc3C(=O)Nc3ccc(Cl)cn3)cc2)C1=O)C(C)C.Cl. The second-order valence-corrected chi connectivity index (χ2v) is 12.1. The highest BCUT2D eigenvalue weighted by Gasteiger charge is 2.30. The summed E-state index contributed by atoms with van der Waals surface area (Å²) in [6, 6.07) is 13.3. The molecule has 3 N–H and O–H groups in total. The van der Waals surface area contributed by atoms with Gasteiger partial charge in [0.2, 0.25) is 5.91 Å². The summed E-state index contributed by atoms with van der Waals surface area (Å²) in [6.07, 6.45) is 3.04. The van der Waals surface area contributed by atoms with E-state index < -0.39 is 11.8 Å². The van der Waals surface area contributed by atoms with Crippen LogP contribution in [0.3, 0.4) is 0 Å². The van der Waals surface area contributed by atoms with Gasteiger partial charge in [-0.05, 0) is 76.4 Å². The number of aromatic nitrogens is 1. The van der Waals surface area contributed by atoms with Crippen molar-refractivity contribution in [1.29, 1.82) is 0 Å². The largest absolute Gasteiger partial charge is 0.506 e. The van der Waals surface area contributed by atoms with Gasteiger partial charge in [-0.25, -0.2) is 4.98 Å². The van der Waals surface area contributed by atoms with Crippen LogP contribution in [0.5, 0.6) is 5.75 Å². The van der Waals surface area contributed by atoms with E-state index in [0.29, 0.717) is 29.2 Å². The summed E-state index contributed by atoms with van der Waals surface area (Å²) < 4.78 is 0. The van der Waals surface area contributed by atoms with Gasteiger partial charge in [0, 0.05) is 54.6 Å². The molecule has 1 aliphatic rings. The molecule has 1 aliphatic heterocycles. The fourth-order valence-corrected chi connectivity index (χ4v) is 5.73. The number of hydrogen-bond acceptors (Lipinski definition) is 6. The molecule has 1 atom stereocenters. The number of carbonyl (C=O) groups excluding carboxylic acids is 3. The number of piperidine rings is 1. The lowest BCUT2D eigenvalue weighted by Crippen LogP contribution is -2.47. The highest BCUT2D eigenvalue weighted by Crippen LogP contribution is 2.33. The number of phenolic OH excluding ortho intramolecular Hbond substituents is 1. The van der Waals surface area contributed by atoms with Gasteiger partial charge in [-0.15, -0.1) is 12.4 Å². The van der Waals surface area contributed by atoms with Crippen molar-refractivity contribution in [3.63, 3.8) is 0 Å². The number of carbonyl (C=O) groups is 3. The Labute approximate surface area is 274 Å². The number of nitrogens with zero attached hydrogens (tertiary/aromatic N) is 3. The Hall–Kier alpha value is -3.37. The van der Waals surface area contributed by atoms with Crippen molar-refractivity contribution in [1.82, 2.24) is 14.8 Å². The lowest BCUT2D eigenvalue weighted by molar-refractivity contribution is -0.135. The summed E-state index contributed by atoms with van der Waals surface area (Å²) in [7, 11) is 0. The lowest BCUT2D eigenvalue weighted by atomic mass is 9.89. The van der Waals surface area contributed by atoms with Gasteiger partial charge in [-0.3, -0.25) is 19.3 Å². The molecule has 3 amide bonds. The molecule has 1 fully saturated rings. The number of phenols is 1. The Morgan fingerprint density at radius 1 is 1.00 bits per heavy atom. The predicted octanol–water partition coefficient (Wildman–Crippen LogP) is 6.85. The van der Waals surface area contributed by atoms with Crippen LogP contribution in [0.25, 0.3) is 0 Å². The predicted molar refractivity (Wildman–Crippen MR) is 177 cm³/mol. The first-order valence-corrected chi connectivity index (χ1v) is 15.1. The molecule has 2 heterocycles. The first kappa shape index (κ1) is 35.1. The van der Waals surface area contributed by atoms with Crippen LogP contribution in [0.4, 0.5) is 11.5 Å². The number of hydrogen-bond donors (Lipinski definition) is 3. The first-order chi connectivity index (χ1) is 20.4. The molecule has 0 spiro atoms. The Bertz CT molecular complexity index is 1460. The summed E-state index contributed by atoms with van der Waals surface area (Å²) in [5.74, 6) is -1.48. The van der Waals surface area contributed by atoms with E-state index in [0.717, 1.165) is 31.5 Å². The average Bonchev–Trinajstić information content (AvgIpc) is 2.96. The Balaban J connectivity index is 0.00000529. The third-order valence-electron chi connectivity index (χ3n) is 7.59. The topological polar surface area (TPSA) is 115 Å². The molecule has 1 unspecified atom stereocenters. The van der Waals surface area contributed by atoms with Crippen LogP contribution >= 0.6 is 35.6 Å². The lowest BCUT2D eigenvalue weighted by Gasteiger charge is -2.36. The summed E-state index contributed by atoms with van der Waals surface area (Å²) in [4.78, 5) is 48.0. The minimum atomic E-state index is -0.636. The highest BCUT2D eigenvalue weighted by atomic mass is 35.5. The van der Waals surface area contributed by atoms with Gasteiger partial charge in [-0.1, -0.05) is 35.3 Å². The van der Waals surface area contributed by atoms with Crippen LogP contribution in [0.1, 0.15) is 72.7 Å². The number of rotatable bonds is 10. The third kappa shape index (κ3) is 8.63. The zero-order chi connectivity index (χ0) is 31.3. The van der Waals surface area contributed by atoms with Crippen LogP contribution in [-0.4, -0.2) is 69.3 Å². The van der Waals surface area contributed by atoms with Gasteiger partial charge >= 0.3 is 0 Å². The molecule has 0 bridgehead atoms. The Morgan fingerprint density at radius 3 is 2.30 bits per heavy atom. The standard InChI is InChI=1S/C32H37Cl2N5O4.ClH/c1-19(2)39(20(3)4)15-14-38-13-5-6-25(32(38)43)21-7-9-22(10-8-21)30(41)37-29-26(16-24(34)17-27(29)40)31(42)36-28-12-11-23(33)18-35-28;/h7-12,16-20,25,40H,5-6,13-15H2,1-4H3,(H,37,41)(H,35,36,42);1H. The summed E-state index contributed by atoms with van der Waals surface area (Å²) in [5.41, 5.74) is 1.00. The van der Waals surface area contributed by atoms with Crippen molar-refractivity contribution in [3.8, 4) is 5.75 Å². The number of nitrogens with one attached hydrogen (secondary N) is 2. The fourth-order valence-electron chi connectivity index (χ4n) is 5.41. The normalized spacial score (nSPS) is 15.0. The van der Waals surface area contributed by atoms with Crippen LogP contribution in [0, 0.1) is 0 Å². The molecule has 0 radical (unpaired) electrons. The molecular formula is C32H38Cl3N5O4. The molecule has 44 heavy (non-hydrogen) atoms. The fraction of sp³-hybridized carbons (Fsp3) is 0.375. The van der Waals surface area contributed by atoms with Gasteiger partial charge in [0.15, 0.2) is 0 Å². The number of halogens is 3. The van der Waals surface area contributed by atoms with Crippen LogP contribution in [0.15, 0.2) is 54.7 Å². The van der Waals surface area contributed by atoms with Crippen LogP contribution in [0.2, 0.25) is 10.0 Å². The van der Waals surface area contributed by atoms with Crippen molar-refractivity contribution in [2.24, 2.45) is 0 Å². The molecule has 236 valence electrons. The minimum Gasteiger partial charge on any atom is -0.506 e. The van der Waals surface area contributed by atoms with Crippen molar-refractivity contribution < 1.29 is 19.5 Å². The monoisotopic (exact) mass is 661 g/mol. The number of anilines is 2. The van der Waals surface area contributed by atoms with Crippen molar-refractivity contribution in [3.05, 3.63) is 81.5 Å². The van der Waals surface area contributed by atoms with E-state index in [9.17, 15) is 19.5 Å². The number of benzene rings is 2. The van der Waals surface area contributed by atoms with Crippen molar-refractivity contribution in [2.75, 3.05) is 30.3 Å². The maximum Gasteiger partial charge on any atom is 0.259 e. The third-order valence-corrected chi connectivity index (χ3v) is 8.04. The average molecular weight is 663 g/mol. The zero-order valence-corrected chi connectivity index (χ0v) is 27.5. The van der Waals surface area contributed by atoms with E-state index in [2.05, 4.69) is 48.2 Å². The molecular weight excluding hydrogens is 625 g/mol.